The van der Waals surface area contributed by atoms with Crippen LogP contribution in [0.3, 0.4) is 0 Å². The van der Waals surface area contributed by atoms with Crippen molar-refractivity contribution in [2.45, 2.75) is 12.8 Å². The number of anilines is 1. The van der Waals surface area contributed by atoms with Crippen LogP contribution in [0.15, 0.2) is 4.63 Å². The third-order valence-electron chi connectivity index (χ3n) is 3.01. The molecule has 0 saturated carbocycles. The van der Waals surface area contributed by atoms with Gasteiger partial charge in [-0.2, -0.15) is 0 Å². The lowest BCUT2D eigenvalue weighted by Gasteiger charge is -2.20. The first-order chi connectivity index (χ1) is 8.18. The molecule has 2 heterocycles. The summed E-state index contributed by atoms with van der Waals surface area (Å²) in [7, 11) is 1.73. The minimum atomic E-state index is -0.247. The fraction of sp³-hybridized carbons (Fsp3) is 0.700. The van der Waals surface area contributed by atoms with E-state index in [1.807, 2.05) is 0 Å². The van der Waals surface area contributed by atoms with E-state index in [9.17, 15) is 4.79 Å². The Bertz CT molecular complexity index is 386. The number of nitrogen functional groups attached to an aromatic ring is 1. The Morgan fingerprint density at radius 2 is 2.18 bits per heavy atom. The number of amides is 1. The minimum Gasteiger partial charge on any atom is -0.379 e. The zero-order chi connectivity index (χ0) is 12.3. The number of nitrogens with two attached hydrogens (primary N) is 1. The number of rotatable bonds is 4. The quantitative estimate of drug-likeness (QED) is 0.784. The van der Waals surface area contributed by atoms with Gasteiger partial charge in [-0.1, -0.05) is 0 Å². The molecule has 0 aliphatic carbocycles. The molecule has 7 heteroatoms. The number of likely N-dealkylation sites (N-methyl/N-ethyl adjacent to an activating group) is 1. The number of hydrogen-bond acceptors (Lipinski definition) is 6. The van der Waals surface area contributed by atoms with Crippen LogP contribution in [0.1, 0.15) is 23.3 Å². The van der Waals surface area contributed by atoms with Gasteiger partial charge in [0.2, 0.25) is 11.5 Å². The van der Waals surface area contributed by atoms with Crippen LogP contribution in [-0.4, -0.2) is 59.2 Å². The van der Waals surface area contributed by atoms with Gasteiger partial charge in [0.25, 0.3) is 5.91 Å². The second-order valence-corrected chi connectivity index (χ2v) is 4.27. The summed E-state index contributed by atoms with van der Waals surface area (Å²) in [6, 6.07) is 0. The SMILES string of the molecule is CN(CCN1CCCC1)C(=O)c1nonc1N. The number of likely N-dealkylation sites (tertiary alicyclic amines) is 1. The molecule has 1 aliphatic heterocycles. The number of nitrogens with zero attached hydrogens (tertiary/aromatic N) is 4. The van der Waals surface area contributed by atoms with Crippen LogP contribution in [0.5, 0.6) is 0 Å². The van der Waals surface area contributed by atoms with Crippen molar-refractivity contribution >= 4 is 11.7 Å². The van der Waals surface area contributed by atoms with Gasteiger partial charge in [-0.3, -0.25) is 4.79 Å². The Labute approximate surface area is 99.5 Å². The van der Waals surface area contributed by atoms with E-state index < -0.39 is 0 Å². The molecule has 1 amide bonds. The Morgan fingerprint density at radius 1 is 1.47 bits per heavy atom. The molecule has 0 radical (unpaired) electrons. The zero-order valence-electron chi connectivity index (χ0n) is 9.93. The van der Waals surface area contributed by atoms with Gasteiger partial charge in [-0.15, -0.1) is 0 Å². The van der Waals surface area contributed by atoms with E-state index in [1.54, 1.807) is 11.9 Å². The van der Waals surface area contributed by atoms with Crippen LogP contribution < -0.4 is 5.73 Å². The highest BCUT2D eigenvalue weighted by Gasteiger charge is 2.21. The van der Waals surface area contributed by atoms with Crippen LogP contribution in [0.2, 0.25) is 0 Å². The van der Waals surface area contributed by atoms with Gasteiger partial charge in [-0.25, -0.2) is 4.63 Å². The summed E-state index contributed by atoms with van der Waals surface area (Å²) >= 11 is 0. The van der Waals surface area contributed by atoms with E-state index in [0.717, 1.165) is 19.6 Å². The second-order valence-electron chi connectivity index (χ2n) is 4.27. The first-order valence-electron chi connectivity index (χ1n) is 5.74. The van der Waals surface area contributed by atoms with Crippen molar-refractivity contribution in [2.24, 2.45) is 0 Å². The lowest BCUT2D eigenvalue weighted by atomic mass is 10.3. The molecule has 7 nitrogen and oxygen atoms in total. The summed E-state index contributed by atoms with van der Waals surface area (Å²) in [6.07, 6.45) is 2.50. The average Bonchev–Trinajstić information content (AvgIpc) is 2.95. The minimum absolute atomic E-state index is 0.0445. The monoisotopic (exact) mass is 239 g/mol. The molecule has 2 N–H and O–H groups in total. The first-order valence-corrected chi connectivity index (χ1v) is 5.74. The van der Waals surface area contributed by atoms with Gasteiger partial charge in [0.1, 0.15) is 0 Å². The highest BCUT2D eigenvalue weighted by Crippen LogP contribution is 2.09. The van der Waals surface area contributed by atoms with Crippen molar-refractivity contribution < 1.29 is 9.42 Å². The smallest absolute Gasteiger partial charge is 0.279 e. The zero-order valence-corrected chi connectivity index (χ0v) is 9.93. The molecule has 1 aromatic rings. The van der Waals surface area contributed by atoms with Crippen LogP contribution in [0.4, 0.5) is 5.82 Å². The van der Waals surface area contributed by atoms with Gasteiger partial charge in [0, 0.05) is 20.1 Å². The number of carbonyl (C=O) groups is 1. The van der Waals surface area contributed by atoms with Crippen LogP contribution in [0, 0.1) is 0 Å². The predicted octanol–water partition coefficient (Wildman–Crippen LogP) is -0.180. The molecule has 0 spiro atoms. The maximum absolute atomic E-state index is 11.9. The molecule has 0 bridgehead atoms. The van der Waals surface area contributed by atoms with E-state index in [2.05, 4.69) is 19.8 Å². The maximum atomic E-state index is 11.9. The van der Waals surface area contributed by atoms with Gasteiger partial charge >= 0.3 is 0 Å². The van der Waals surface area contributed by atoms with Crippen molar-refractivity contribution in [2.75, 3.05) is 39.0 Å². The van der Waals surface area contributed by atoms with Gasteiger partial charge in [0.05, 0.1) is 0 Å². The van der Waals surface area contributed by atoms with Crippen LogP contribution in [-0.2, 0) is 0 Å². The van der Waals surface area contributed by atoms with Crippen molar-refractivity contribution in [3.63, 3.8) is 0 Å². The largest absolute Gasteiger partial charge is 0.379 e. The van der Waals surface area contributed by atoms with Crippen molar-refractivity contribution in [3.05, 3.63) is 5.69 Å². The molecule has 94 valence electrons. The van der Waals surface area contributed by atoms with E-state index >= 15 is 0 Å². The third kappa shape index (κ3) is 2.73. The Balaban J connectivity index is 1.85. The van der Waals surface area contributed by atoms with Gasteiger partial charge in [0.15, 0.2) is 0 Å². The Kier molecular flexibility index (Phi) is 3.58. The number of carbonyl (C=O) groups excluding carboxylic acids is 1. The highest BCUT2D eigenvalue weighted by atomic mass is 16.6. The molecular weight excluding hydrogens is 222 g/mol. The van der Waals surface area contributed by atoms with Crippen molar-refractivity contribution in [1.82, 2.24) is 20.1 Å². The van der Waals surface area contributed by atoms with E-state index in [-0.39, 0.29) is 17.4 Å². The summed E-state index contributed by atoms with van der Waals surface area (Å²) in [5, 5.41) is 6.89. The molecule has 17 heavy (non-hydrogen) atoms. The lowest BCUT2D eigenvalue weighted by Crippen LogP contribution is -2.35. The maximum Gasteiger partial charge on any atom is 0.279 e. The molecule has 0 atom stereocenters. The summed E-state index contributed by atoms with van der Waals surface area (Å²) in [4.78, 5) is 15.8. The van der Waals surface area contributed by atoms with Crippen molar-refractivity contribution in [3.8, 4) is 0 Å². The fourth-order valence-electron chi connectivity index (χ4n) is 1.92. The summed E-state index contributed by atoms with van der Waals surface area (Å²) < 4.78 is 4.41. The molecule has 1 fully saturated rings. The Hall–Kier alpha value is -1.63. The Morgan fingerprint density at radius 3 is 2.76 bits per heavy atom. The summed E-state index contributed by atoms with van der Waals surface area (Å²) in [6.45, 7) is 3.78. The van der Waals surface area contributed by atoms with Gasteiger partial charge < -0.3 is 15.5 Å². The molecule has 1 saturated heterocycles. The summed E-state index contributed by atoms with van der Waals surface area (Å²) in [5.41, 5.74) is 5.56. The summed E-state index contributed by atoms with van der Waals surface area (Å²) in [5.74, 6) is -0.203. The predicted molar refractivity (Wildman–Crippen MR) is 61.3 cm³/mol. The fourth-order valence-corrected chi connectivity index (χ4v) is 1.92. The first kappa shape index (κ1) is 11.8. The van der Waals surface area contributed by atoms with E-state index in [1.165, 1.54) is 12.8 Å². The van der Waals surface area contributed by atoms with E-state index in [4.69, 9.17) is 5.73 Å². The topological polar surface area (TPSA) is 88.5 Å². The average molecular weight is 239 g/mol. The molecule has 0 aromatic carbocycles. The van der Waals surface area contributed by atoms with Crippen LogP contribution >= 0.6 is 0 Å². The third-order valence-corrected chi connectivity index (χ3v) is 3.01. The normalized spacial score (nSPS) is 16.3. The number of hydrogen-bond donors (Lipinski definition) is 1. The van der Waals surface area contributed by atoms with Crippen LogP contribution in [0.25, 0.3) is 0 Å². The number of aromatic nitrogens is 2. The lowest BCUT2D eigenvalue weighted by molar-refractivity contribution is 0.0772. The highest BCUT2D eigenvalue weighted by molar-refractivity contribution is 5.95. The van der Waals surface area contributed by atoms with Crippen molar-refractivity contribution in [1.29, 1.82) is 0 Å². The molecule has 2 rings (SSSR count). The molecular formula is C10H17N5O2. The van der Waals surface area contributed by atoms with E-state index in [0.29, 0.717) is 6.54 Å². The standard InChI is InChI=1S/C10H17N5O2/c1-14(6-7-15-4-2-3-5-15)10(16)8-9(11)13-17-12-8/h2-7H2,1H3,(H2,11,13). The van der Waals surface area contributed by atoms with Gasteiger partial charge in [-0.05, 0) is 36.2 Å². The molecule has 0 unspecified atom stereocenters. The molecule has 1 aromatic heterocycles. The molecule has 1 aliphatic rings. The second kappa shape index (κ2) is 5.13.